The third kappa shape index (κ3) is 5.08. The van der Waals surface area contributed by atoms with E-state index in [9.17, 15) is 14.7 Å². The number of halogens is 1. The summed E-state index contributed by atoms with van der Waals surface area (Å²) < 4.78 is 2.53. The van der Waals surface area contributed by atoms with E-state index >= 15 is 0 Å². The molecule has 0 aliphatic rings. The zero-order chi connectivity index (χ0) is 17.5. The molecule has 9 heteroatoms. The van der Waals surface area contributed by atoms with Crippen LogP contribution in [0.15, 0.2) is 40.1 Å². The van der Waals surface area contributed by atoms with Crippen LogP contribution in [-0.2, 0) is 22.7 Å². The molecule has 2 amide bonds. The first-order valence-corrected chi connectivity index (χ1v) is 8.85. The van der Waals surface area contributed by atoms with Crippen molar-refractivity contribution in [3.8, 4) is 0 Å². The minimum Gasteiger partial charge on any atom is -0.390 e. The number of anilines is 1. The molecule has 2 aromatic rings. The van der Waals surface area contributed by atoms with Crippen molar-refractivity contribution in [3.05, 3.63) is 40.6 Å². The van der Waals surface area contributed by atoms with E-state index in [1.165, 1.54) is 25.0 Å². The number of amides is 2. The Labute approximate surface area is 152 Å². The fourth-order valence-electron chi connectivity index (χ4n) is 1.89. The number of hydrogen-bond acceptors (Lipinski definition) is 5. The molecule has 128 valence electrons. The largest absolute Gasteiger partial charge is 0.390 e. The summed E-state index contributed by atoms with van der Waals surface area (Å²) in [5, 5.41) is 15.1. The Morgan fingerprint density at radius 3 is 2.62 bits per heavy atom. The highest BCUT2D eigenvalue weighted by Crippen LogP contribution is 2.20. The molecule has 0 aliphatic heterocycles. The number of aliphatic hydroxyl groups is 1. The Hall–Kier alpha value is -1.84. The molecule has 7 nitrogen and oxygen atoms in total. The molecule has 1 aromatic carbocycles. The smallest absolute Gasteiger partial charge is 0.239 e. The third-order valence-electron chi connectivity index (χ3n) is 3.10. The summed E-state index contributed by atoms with van der Waals surface area (Å²) in [6, 6.07) is 7.27. The van der Waals surface area contributed by atoms with Gasteiger partial charge in [-0.15, -0.1) is 0 Å². The number of imidazole rings is 1. The van der Waals surface area contributed by atoms with Crippen molar-refractivity contribution >= 4 is 45.2 Å². The molecule has 2 rings (SSSR count). The number of hydrogen-bond donors (Lipinski definition) is 3. The van der Waals surface area contributed by atoms with E-state index in [1.54, 1.807) is 16.7 Å². The fourth-order valence-corrected chi connectivity index (χ4v) is 2.95. The third-order valence-corrected chi connectivity index (χ3v) is 4.62. The van der Waals surface area contributed by atoms with Crippen LogP contribution in [0.2, 0.25) is 0 Å². The van der Waals surface area contributed by atoms with E-state index in [-0.39, 0.29) is 30.7 Å². The van der Waals surface area contributed by atoms with Gasteiger partial charge in [-0.2, -0.15) is 0 Å². The second-order valence-corrected chi connectivity index (χ2v) is 6.65. The zero-order valence-electron chi connectivity index (χ0n) is 13.0. The lowest BCUT2D eigenvalue weighted by Crippen LogP contribution is -2.25. The van der Waals surface area contributed by atoms with Gasteiger partial charge >= 0.3 is 0 Å². The van der Waals surface area contributed by atoms with Gasteiger partial charge in [0.05, 0.1) is 24.3 Å². The average molecular weight is 413 g/mol. The SMILES string of the molecule is CNC(=O)Cn1c(CO)cnc1SCC(=O)Nc1ccc(Br)cc1. The highest BCUT2D eigenvalue weighted by molar-refractivity contribution is 9.10. The number of benzene rings is 1. The molecule has 0 fully saturated rings. The first-order chi connectivity index (χ1) is 11.5. The van der Waals surface area contributed by atoms with Gasteiger partial charge in [0.25, 0.3) is 0 Å². The van der Waals surface area contributed by atoms with Gasteiger partial charge in [0, 0.05) is 17.2 Å². The lowest BCUT2D eigenvalue weighted by Gasteiger charge is -2.10. The quantitative estimate of drug-likeness (QED) is 0.600. The maximum absolute atomic E-state index is 12.0. The van der Waals surface area contributed by atoms with Crippen molar-refractivity contribution in [2.75, 3.05) is 18.1 Å². The van der Waals surface area contributed by atoms with Crippen LogP contribution >= 0.6 is 27.7 Å². The summed E-state index contributed by atoms with van der Waals surface area (Å²) in [6.45, 7) is -0.182. The number of aliphatic hydroxyl groups excluding tert-OH is 1. The molecule has 1 heterocycles. The van der Waals surface area contributed by atoms with Crippen molar-refractivity contribution < 1.29 is 14.7 Å². The minimum absolute atomic E-state index is 0.0447. The van der Waals surface area contributed by atoms with E-state index in [4.69, 9.17) is 0 Å². The summed E-state index contributed by atoms with van der Waals surface area (Å²) >= 11 is 4.54. The highest BCUT2D eigenvalue weighted by atomic mass is 79.9. The molecule has 0 unspecified atom stereocenters. The maximum atomic E-state index is 12.0. The normalized spacial score (nSPS) is 10.5. The van der Waals surface area contributed by atoms with Crippen LogP contribution in [0.3, 0.4) is 0 Å². The number of likely N-dealkylation sites (N-methyl/N-ethyl adjacent to an activating group) is 1. The van der Waals surface area contributed by atoms with Gasteiger partial charge in [-0.25, -0.2) is 4.98 Å². The first-order valence-electron chi connectivity index (χ1n) is 7.07. The fraction of sp³-hybridized carbons (Fsp3) is 0.267. The molecule has 0 aliphatic carbocycles. The molecule has 1 aromatic heterocycles. The molecule has 0 bridgehead atoms. The van der Waals surface area contributed by atoms with Crippen LogP contribution in [0.25, 0.3) is 0 Å². The van der Waals surface area contributed by atoms with Crippen LogP contribution in [0.4, 0.5) is 5.69 Å². The number of carbonyl (C=O) groups excluding carboxylic acids is 2. The highest BCUT2D eigenvalue weighted by Gasteiger charge is 2.14. The topological polar surface area (TPSA) is 96.2 Å². The molecule has 0 spiro atoms. The van der Waals surface area contributed by atoms with Crippen LogP contribution < -0.4 is 10.6 Å². The Bertz CT molecular complexity index is 718. The van der Waals surface area contributed by atoms with E-state index < -0.39 is 0 Å². The van der Waals surface area contributed by atoms with Crippen molar-refractivity contribution in [2.45, 2.75) is 18.3 Å². The lowest BCUT2D eigenvalue weighted by atomic mass is 10.3. The summed E-state index contributed by atoms with van der Waals surface area (Å²) in [5.74, 6) is -0.239. The van der Waals surface area contributed by atoms with Gasteiger partial charge in [-0.3, -0.25) is 9.59 Å². The Morgan fingerprint density at radius 1 is 1.29 bits per heavy atom. The number of aromatic nitrogens is 2. The minimum atomic E-state index is -0.227. The molecule has 0 atom stereocenters. The molecule has 0 saturated carbocycles. The molecule has 0 radical (unpaired) electrons. The Balaban J connectivity index is 1.98. The average Bonchev–Trinajstić information content (AvgIpc) is 2.96. The second kappa shape index (κ2) is 8.86. The van der Waals surface area contributed by atoms with Crippen molar-refractivity contribution in [2.24, 2.45) is 0 Å². The number of nitrogens with one attached hydrogen (secondary N) is 2. The van der Waals surface area contributed by atoms with E-state index in [0.29, 0.717) is 16.5 Å². The number of nitrogens with zero attached hydrogens (tertiary/aromatic N) is 2. The predicted molar refractivity (Wildman–Crippen MR) is 95.7 cm³/mol. The molecular weight excluding hydrogens is 396 g/mol. The van der Waals surface area contributed by atoms with Crippen LogP contribution in [0.5, 0.6) is 0 Å². The first kappa shape index (κ1) is 18.5. The van der Waals surface area contributed by atoms with E-state index in [2.05, 4.69) is 31.5 Å². The zero-order valence-corrected chi connectivity index (χ0v) is 15.4. The Morgan fingerprint density at radius 2 is 2.00 bits per heavy atom. The van der Waals surface area contributed by atoms with Crippen molar-refractivity contribution in [1.82, 2.24) is 14.9 Å². The van der Waals surface area contributed by atoms with Crippen LogP contribution in [0, 0.1) is 0 Å². The molecular formula is C15H17BrN4O3S. The summed E-state index contributed by atoms with van der Waals surface area (Å²) in [5.41, 5.74) is 1.22. The van der Waals surface area contributed by atoms with Gasteiger partial charge in [0.1, 0.15) is 6.54 Å². The van der Waals surface area contributed by atoms with Gasteiger partial charge < -0.3 is 20.3 Å². The lowest BCUT2D eigenvalue weighted by molar-refractivity contribution is -0.121. The summed E-state index contributed by atoms with van der Waals surface area (Å²) in [6.07, 6.45) is 1.50. The maximum Gasteiger partial charge on any atom is 0.239 e. The van der Waals surface area contributed by atoms with Gasteiger partial charge in [-0.05, 0) is 24.3 Å². The van der Waals surface area contributed by atoms with Crippen LogP contribution in [-0.4, -0.2) is 39.3 Å². The van der Waals surface area contributed by atoms with Crippen LogP contribution in [0.1, 0.15) is 5.69 Å². The molecule has 3 N–H and O–H groups in total. The summed E-state index contributed by atoms with van der Waals surface area (Å²) in [4.78, 5) is 27.8. The Kier molecular flexibility index (Phi) is 6.83. The number of rotatable bonds is 7. The monoisotopic (exact) mass is 412 g/mol. The van der Waals surface area contributed by atoms with E-state index in [1.807, 2.05) is 12.1 Å². The molecule has 0 saturated heterocycles. The predicted octanol–water partition coefficient (Wildman–Crippen LogP) is 1.61. The van der Waals surface area contributed by atoms with Gasteiger partial charge in [0.2, 0.25) is 11.8 Å². The van der Waals surface area contributed by atoms with Crippen molar-refractivity contribution in [3.63, 3.8) is 0 Å². The second-order valence-electron chi connectivity index (χ2n) is 4.79. The standard InChI is InChI=1S/C15H17BrN4O3S/c1-17-13(22)7-20-12(8-21)6-18-15(20)24-9-14(23)19-11-4-2-10(16)3-5-11/h2-6,21H,7-9H2,1H3,(H,17,22)(H,19,23). The van der Waals surface area contributed by atoms with Gasteiger partial charge in [0.15, 0.2) is 5.16 Å². The van der Waals surface area contributed by atoms with Gasteiger partial charge in [-0.1, -0.05) is 27.7 Å². The summed E-state index contributed by atoms with van der Waals surface area (Å²) in [7, 11) is 1.54. The number of thioether (sulfide) groups is 1. The molecule has 24 heavy (non-hydrogen) atoms. The number of carbonyl (C=O) groups is 2. The van der Waals surface area contributed by atoms with E-state index in [0.717, 1.165) is 4.47 Å². The van der Waals surface area contributed by atoms with Crippen molar-refractivity contribution in [1.29, 1.82) is 0 Å².